The lowest BCUT2D eigenvalue weighted by Gasteiger charge is -2.26. The molecule has 1 fully saturated rings. The number of nitrogens with zero attached hydrogens (tertiary/aromatic N) is 2. The third-order valence-electron chi connectivity index (χ3n) is 5.01. The van der Waals surface area contributed by atoms with Gasteiger partial charge in [-0.3, -0.25) is 14.7 Å². The molecule has 4 rings (SSSR count). The fourth-order valence-corrected chi connectivity index (χ4v) is 3.44. The van der Waals surface area contributed by atoms with Crippen LogP contribution in [0.1, 0.15) is 11.5 Å². The lowest BCUT2D eigenvalue weighted by atomic mass is 10.0. The number of anilines is 2. The molecular weight excluding hydrogens is 359 g/mol. The van der Waals surface area contributed by atoms with Gasteiger partial charge in [-0.05, 0) is 23.8 Å². The van der Waals surface area contributed by atoms with Gasteiger partial charge in [0.1, 0.15) is 11.7 Å². The SMILES string of the molecule is O=C1Nc2ccccc2C1C=Nc1ccc(NCCN2CCOCC2)c(F)c1. The largest absolute Gasteiger partial charge is 0.381 e. The summed E-state index contributed by atoms with van der Waals surface area (Å²) in [6, 6.07) is 12.3. The van der Waals surface area contributed by atoms with E-state index in [9.17, 15) is 9.18 Å². The molecule has 0 aromatic heterocycles. The number of fused-ring (bicyclic) bond motifs is 1. The Hall–Kier alpha value is -2.77. The van der Waals surface area contributed by atoms with Crippen LogP contribution in [0, 0.1) is 5.82 Å². The number of halogens is 1. The minimum absolute atomic E-state index is 0.119. The van der Waals surface area contributed by atoms with Crippen molar-refractivity contribution < 1.29 is 13.9 Å². The fraction of sp³-hybridized carbons (Fsp3) is 0.333. The van der Waals surface area contributed by atoms with E-state index in [1.807, 2.05) is 24.3 Å². The van der Waals surface area contributed by atoms with Crippen LogP contribution in [0.5, 0.6) is 0 Å². The summed E-state index contributed by atoms with van der Waals surface area (Å²) in [5.74, 6) is -0.926. The summed E-state index contributed by atoms with van der Waals surface area (Å²) < 4.78 is 19.7. The Morgan fingerprint density at radius 2 is 2.07 bits per heavy atom. The summed E-state index contributed by atoms with van der Waals surface area (Å²) in [4.78, 5) is 18.7. The van der Waals surface area contributed by atoms with Crippen LogP contribution in [0.4, 0.5) is 21.5 Å². The fourth-order valence-electron chi connectivity index (χ4n) is 3.44. The summed E-state index contributed by atoms with van der Waals surface area (Å²) in [6.07, 6.45) is 1.57. The van der Waals surface area contributed by atoms with Crippen molar-refractivity contribution in [2.45, 2.75) is 5.92 Å². The maximum Gasteiger partial charge on any atom is 0.237 e. The molecule has 1 saturated heterocycles. The number of carbonyl (C=O) groups is 1. The molecule has 2 aromatic carbocycles. The lowest BCUT2D eigenvalue weighted by molar-refractivity contribution is -0.115. The highest BCUT2D eigenvalue weighted by molar-refractivity contribution is 6.12. The molecule has 1 amide bonds. The number of para-hydroxylation sites is 1. The molecule has 0 spiro atoms. The summed E-state index contributed by atoms with van der Waals surface area (Å²) in [5, 5.41) is 5.96. The number of ether oxygens (including phenoxy) is 1. The van der Waals surface area contributed by atoms with Gasteiger partial charge in [0.15, 0.2) is 0 Å². The number of hydrogen-bond acceptors (Lipinski definition) is 5. The third kappa shape index (κ3) is 4.21. The van der Waals surface area contributed by atoms with E-state index in [1.165, 1.54) is 6.07 Å². The van der Waals surface area contributed by atoms with E-state index in [1.54, 1.807) is 18.3 Å². The summed E-state index contributed by atoms with van der Waals surface area (Å²) >= 11 is 0. The second-order valence-corrected chi connectivity index (χ2v) is 6.88. The van der Waals surface area contributed by atoms with Crippen molar-refractivity contribution in [2.75, 3.05) is 50.0 Å². The zero-order valence-corrected chi connectivity index (χ0v) is 15.5. The second-order valence-electron chi connectivity index (χ2n) is 6.88. The molecule has 2 aliphatic rings. The number of nitrogens with one attached hydrogen (secondary N) is 2. The Kier molecular flexibility index (Phi) is 5.64. The molecule has 146 valence electrons. The van der Waals surface area contributed by atoms with Gasteiger partial charge in [0.2, 0.25) is 5.91 Å². The summed E-state index contributed by atoms with van der Waals surface area (Å²) in [7, 11) is 0. The van der Waals surface area contributed by atoms with Crippen molar-refractivity contribution >= 4 is 29.2 Å². The molecule has 2 aliphatic heterocycles. The van der Waals surface area contributed by atoms with Crippen LogP contribution in [-0.4, -0.2) is 56.4 Å². The number of aliphatic imine (C=N–C) groups is 1. The summed E-state index contributed by atoms with van der Waals surface area (Å²) in [6.45, 7) is 4.85. The first kappa shape index (κ1) is 18.6. The Labute approximate surface area is 163 Å². The maximum atomic E-state index is 14.4. The molecule has 1 unspecified atom stereocenters. The van der Waals surface area contributed by atoms with Crippen LogP contribution in [-0.2, 0) is 9.53 Å². The molecule has 2 heterocycles. The average molecular weight is 382 g/mol. The van der Waals surface area contributed by atoms with Crippen molar-refractivity contribution in [2.24, 2.45) is 4.99 Å². The molecule has 0 bridgehead atoms. The third-order valence-corrected chi connectivity index (χ3v) is 5.01. The van der Waals surface area contributed by atoms with Crippen molar-refractivity contribution in [1.82, 2.24) is 4.90 Å². The molecule has 0 aliphatic carbocycles. The van der Waals surface area contributed by atoms with Crippen LogP contribution >= 0.6 is 0 Å². The van der Waals surface area contributed by atoms with Gasteiger partial charge in [-0.2, -0.15) is 0 Å². The average Bonchev–Trinajstić information content (AvgIpc) is 3.04. The predicted molar refractivity (Wildman–Crippen MR) is 108 cm³/mol. The van der Waals surface area contributed by atoms with Crippen molar-refractivity contribution in [1.29, 1.82) is 0 Å². The first-order valence-electron chi connectivity index (χ1n) is 9.48. The van der Waals surface area contributed by atoms with Crippen LogP contribution < -0.4 is 10.6 Å². The molecule has 1 atom stereocenters. The number of morpholine rings is 1. The molecular formula is C21H23FN4O2. The van der Waals surface area contributed by atoms with Crippen LogP contribution in [0.25, 0.3) is 0 Å². The number of benzene rings is 2. The smallest absolute Gasteiger partial charge is 0.237 e. The van der Waals surface area contributed by atoms with Gasteiger partial charge in [0.05, 0.1) is 24.6 Å². The normalized spacial score (nSPS) is 19.6. The van der Waals surface area contributed by atoms with Gasteiger partial charge in [-0.15, -0.1) is 0 Å². The molecule has 0 saturated carbocycles. The molecule has 2 aromatic rings. The van der Waals surface area contributed by atoms with E-state index in [0.29, 0.717) is 17.9 Å². The molecule has 6 nitrogen and oxygen atoms in total. The van der Waals surface area contributed by atoms with Crippen LogP contribution in [0.3, 0.4) is 0 Å². The van der Waals surface area contributed by atoms with Crippen molar-refractivity contribution in [3.8, 4) is 0 Å². The highest BCUT2D eigenvalue weighted by Crippen LogP contribution is 2.31. The zero-order valence-electron chi connectivity index (χ0n) is 15.5. The highest BCUT2D eigenvalue weighted by Gasteiger charge is 2.28. The Morgan fingerprint density at radius 1 is 1.25 bits per heavy atom. The van der Waals surface area contributed by atoms with Gasteiger partial charge >= 0.3 is 0 Å². The number of amides is 1. The van der Waals surface area contributed by atoms with Gasteiger partial charge in [0, 0.05) is 44.1 Å². The summed E-state index contributed by atoms with van der Waals surface area (Å²) in [5.41, 5.74) is 2.62. The lowest BCUT2D eigenvalue weighted by Crippen LogP contribution is -2.39. The van der Waals surface area contributed by atoms with E-state index in [2.05, 4.69) is 20.5 Å². The maximum absolute atomic E-state index is 14.4. The minimum Gasteiger partial charge on any atom is -0.381 e. The number of hydrogen-bond donors (Lipinski definition) is 2. The van der Waals surface area contributed by atoms with Crippen LogP contribution in [0.15, 0.2) is 47.5 Å². The van der Waals surface area contributed by atoms with E-state index in [0.717, 1.165) is 44.1 Å². The van der Waals surface area contributed by atoms with E-state index in [-0.39, 0.29) is 11.7 Å². The van der Waals surface area contributed by atoms with Gasteiger partial charge in [-0.25, -0.2) is 4.39 Å². The minimum atomic E-state index is -0.453. The molecule has 7 heteroatoms. The first-order valence-corrected chi connectivity index (χ1v) is 9.48. The van der Waals surface area contributed by atoms with Crippen molar-refractivity contribution in [3.63, 3.8) is 0 Å². The Balaban J connectivity index is 1.36. The van der Waals surface area contributed by atoms with E-state index < -0.39 is 5.92 Å². The van der Waals surface area contributed by atoms with E-state index >= 15 is 0 Å². The monoisotopic (exact) mass is 382 g/mol. The molecule has 2 N–H and O–H groups in total. The van der Waals surface area contributed by atoms with Crippen molar-refractivity contribution in [3.05, 3.63) is 53.8 Å². The van der Waals surface area contributed by atoms with E-state index in [4.69, 9.17) is 4.74 Å². The Bertz CT molecular complexity index is 880. The van der Waals surface area contributed by atoms with Gasteiger partial charge in [-0.1, -0.05) is 18.2 Å². The Morgan fingerprint density at radius 3 is 2.89 bits per heavy atom. The first-order chi connectivity index (χ1) is 13.7. The van der Waals surface area contributed by atoms with Gasteiger partial charge < -0.3 is 15.4 Å². The topological polar surface area (TPSA) is 66.0 Å². The highest BCUT2D eigenvalue weighted by atomic mass is 19.1. The zero-order chi connectivity index (χ0) is 19.3. The number of carbonyl (C=O) groups excluding carboxylic acids is 1. The quantitative estimate of drug-likeness (QED) is 0.754. The molecule has 0 radical (unpaired) electrons. The molecule has 28 heavy (non-hydrogen) atoms. The standard InChI is InChI=1S/C21H23FN4O2/c22-18-13-15(5-6-20(18)23-7-8-26-9-11-28-12-10-26)24-14-17-16-3-1-2-4-19(16)25-21(17)27/h1-6,13-14,17,23H,7-12H2,(H,25,27). The van der Waals surface area contributed by atoms with Gasteiger partial charge in [0.25, 0.3) is 0 Å². The number of rotatable bonds is 6. The second kappa shape index (κ2) is 8.50. The predicted octanol–water partition coefficient (Wildman–Crippen LogP) is 3.01. The van der Waals surface area contributed by atoms with Crippen LogP contribution in [0.2, 0.25) is 0 Å².